The van der Waals surface area contributed by atoms with Gasteiger partial charge in [-0.25, -0.2) is 4.79 Å². The molecule has 5 rings (SSSR count). The molecule has 0 atom stereocenters. The number of phenols is 1. The number of hydrogen-bond donors (Lipinski definition) is 2. The average Bonchev–Trinajstić information content (AvgIpc) is 3.52. The van der Waals surface area contributed by atoms with Crippen LogP contribution in [0.4, 0.5) is 4.79 Å². The zero-order valence-electron chi connectivity index (χ0n) is 18.3. The fourth-order valence-corrected chi connectivity index (χ4v) is 3.94. The molecule has 3 aromatic rings. The second-order valence-electron chi connectivity index (χ2n) is 8.44. The molecule has 0 spiro atoms. The van der Waals surface area contributed by atoms with Crippen molar-refractivity contribution in [1.29, 1.82) is 0 Å². The van der Waals surface area contributed by atoms with E-state index in [0.717, 1.165) is 24.0 Å². The van der Waals surface area contributed by atoms with Gasteiger partial charge < -0.3 is 29.3 Å². The molecule has 0 radical (unpaired) electrons. The standard InChI is InChI=1S/C26H23NO7/c28-21-9-7-19(11-23(21)34-26(30)31)18-5-3-17(4-6-18)14-27(13-16-1-2-16)25(29)20-8-10-22-24(12-20)33-15-32-22/h3-12,16,28H,1-2,13-15H2,(H,30,31). The van der Waals surface area contributed by atoms with Crippen LogP contribution in [0.2, 0.25) is 0 Å². The summed E-state index contributed by atoms with van der Waals surface area (Å²) >= 11 is 0. The van der Waals surface area contributed by atoms with Crippen LogP contribution in [0.3, 0.4) is 0 Å². The van der Waals surface area contributed by atoms with Crippen molar-refractivity contribution in [2.24, 2.45) is 5.92 Å². The molecular formula is C26H23NO7. The second-order valence-corrected chi connectivity index (χ2v) is 8.44. The highest BCUT2D eigenvalue weighted by atomic mass is 16.7. The maximum atomic E-state index is 13.3. The molecule has 34 heavy (non-hydrogen) atoms. The Hall–Kier alpha value is -4.20. The van der Waals surface area contributed by atoms with Gasteiger partial charge in [-0.2, -0.15) is 0 Å². The van der Waals surface area contributed by atoms with E-state index in [1.165, 1.54) is 12.1 Å². The maximum absolute atomic E-state index is 13.3. The number of aromatic hydroxyl groups is 1. The van der Waals surface area contributed by atoms with Crippen molar-refractivity contribution in [3.05, 3.63) is 71.8 Å². The lowest BCUT2D eigenvalue weighted by Crippen LogP contribution is -2.32. The van der Waals surface area contributed by atoms with Gasteiger partial charge in [-0.15, -0.1) is 0 Å². The number of carbonyl (C=O) groups excluding carboxylic acids is 1. The Morgan fingerprint density at radius 3 is 2.41 bits per heavy atom. The van der Waals surface area contributed by atoms with Gasteiger partial charge in [0.2, 0.25) is 6.79 Å². The highest BCUT2D eigenvalue weighted by Gasteiger charge is 2.28. The van der Waals surface area contributed by atoms with Crippen molar-refractivity contribution in [3.8, 4) is 34.1 Å². The molecule has 1 saturated carbocycles. The van der Waals surface area contributed by atoms with Crippen LogP contribution in [0.5, 0.6) is 23.0 Å². The number of fused-ring (bicyclic) bond motifs is 1. The highest BCUT2D eigenvalue weighted by molar-refractivity contribution is 5.95. The molecule has 3 aromatic carbocycles. The highest BCUT2D eigenvalue weighted by Crippen LogP contribution is 2.35. The molecule has 2 aliphatic rings. The first kappa shape index (κ1) is 21.6. The van der Waals surface area contributed by atoms with E-state index in [0.29, 0.717) is 41.6 Å². The van der Waals surface area contributed by atoms with Gasteiger partial charge >= 0.3 is 6.16 Å². The van der Waals surface area contributed by atoms with Gasteiger partial charge in [0.25, 0.3) is 5.91 Å². The number of ether oxygens (including phenoxy) is 3. The molecule has 0 bridgehead atoms. The first-order valence-corrected chi connectivity index (χ1v) is 11.0. The van der Waals surface area contributed by atoms with Crippen molar-refractivity contribution < 1.29 is 34.0 Å². The third-order valence-corrected chi connectivity index (χ3v) is 5.90. The lowest BCUT2D eigenvalue weighted by molar-refractivity contribution is 0.0734. The Balaban J connectivity index is 1.33. The molecule has 1 heterocycles. The summed E-state index contributed by atoms with van der Waals surface area (Å²) in [7, 11) is 0. The summed E-state index contributed by atoms with van der Waals surface area (Å²) in [5.74, 6) is 1.33. The zero-order valence-corrected chi connectivity index (χ0v) is 18.3. The number of hydrogen-bond acceptors (Lipinski definition) is 6. The molecule has 2 N–H and O–H groups in total. The van der Waals surface area contributed by atoms with E-state index in [-0.39, 0.29) is 24.2 Å². The summed E-state index contributed by atoms with van der Waals surface area (Å²) in [5, 5.41) is 18.6. The Bertz CT molecular complexity index is 1230. The van der Waals surface area contributed by atoms with E-state index >= 15 is 0 Å². The van der Waals surface area contributed by atoms with E-state index in [1.54, 1.807) is 24.3 Å². The van der Waals surface area contributed by atoms with Gasteiger partial charge in [0.05, 0.1) is 0 Å². The Morgan fingerprint density at radius 2 is 1.68 bits per heavy atom. The topological polar surface area (TPSA) is 106 Å². The van der Waals surface area contributed by atoms with Gasteiger partial charge in [0.15, 0.2) is 23.0 Å². The SMILES string of the molecule is O=C(O)Oc1cc(-c2ccc(CN(CC3CC3)C(=O)c3ccc4c(c3)OCO4)cc2)ccc1O. The lowest BCUT2D eigenvalue weighted by Gasteiger charge is -2.23. The molecule has 0 aromatic heterocycles. The van der Waals surface area contributed by atoms with Crippen molar-refractivity contribution >= 4 is 12.1 Å². The number of carboxylic acid groups (broad SMARTS) is 1. The summed E-state index contributed by atoms with van der Waals surface area (Å²) < 4.78 is 15.4. The Kier molecular flexibility index (Phi) is 5.71. The van der Waals surface area contributed by atoms with E-state index < -0.39 is 6.16 Å². The van der Waals surface area contributed by atoms with Crippen LogP contribution >= 0.6 is 0 Å². The number of rotatable bonds is 7. The largest absolute Gasteiger partial charge is 0.511 e. The third kappa shape index (κ3) is 4.76. The minimum absolute atomic E-state index is 0.0525. The summed E-state index contributed by atoms with van der Waals surface area (Å²) in [6.45, 7) is 1.33. The van der Waals surface area contributed by atoms with Crippen LogP contribution in [0.25, 0.3) is 11.1 Å². The van der Waals surface area contributed by atoms with Crippen molar-refractivity contribution in [3.63, 3.8) is 0 Å². The van der Waals surface area contributed by atoms with Crippen LogP contribution in [0.1, 0.15) is 28.8 Å². The quantitative estimate of drug-likeness (QED) is 0.381. The first-order valence-electron chi connectivity index (χ1n) is 11.0. The molecule has 8 nitrogen and oxygen atoms in total. The molecule has 0 unspecified atom stereocenters. The van der Waals surface area contributed by atoms with Gasteiger partial charge in [0.1, 0.15) is 0 Å². The van der Waals surface area contributed by atoms with Crippen LogP contribution in [0.15, 0.2) is 60.7 Å². The molecule has 1 fully saturated rings. The molecule has 1 aliphatic heterocycles. The monoisotopic (exact) mass is 461 g/mol. The first-order chi connectivity index (χ1) is 16.5. The number of carbonyl (C=O) groups is 2. The Labute approximate surface area is 195 Å². The van der Waals surface area contributed by atoms with Gasteiger partial charge in [0, 0.05) is 18.7 Å². The van der Waals surface area contributed by atoms with Crippen molar-refractivity contribution in [2.75, 3.05) is 13.3 Å². The van der Waals surface area contributed by atoms with Crippen molar-refractivity contribution in [1.82, 2.24) is 4.90 Å². The minimum atomic E-state index is -1.49. The third-order valence-electron chi connectivity index (χ3n) is 5.90. The molecular weight excluding hydrogens is 438 g/mol. The number of phenolic OH excluding ortho intramolecular Hbond substituents is 1. The van der Waals surface area contributed by atoms with Crippen LogP contribution < -0.4 is 14.2 Å². The predicted molar refractivity (Wildman–Crippen MR) is 122 cm³/mol. The lowest BCUT2D eigenvalue weighted by atomic mass is 10.0. The summed E-state index contributed by atoms with van der Waals surface area (Å²) in [6, 6.07) is 17.5. The zero-order chi connectivity index (χ0) is 23.7. The molecule has 8 heteroatoms. The van der Waals surface area contributed by atoms with E-state index in [2.05, 4.69) is 4.74 Å². The van der Waals surface area contributed by atoms with Crippen LogP contribution in [-0.2, 0) is 6.54 Å². The van der Waals surface area contributed by atoms with E-state index in [9.17, 15) is 14.7 Å². The molecule has 174 valence electrons. The summed E-state index contributed by atoms with van der Waals surface area (Å²) in [5.41, 5.74) is 3.07. The maximum Gasteiger partial charge on any atom is 0.511 e. The van der Waals surface area contributed by atoms with Gasteiger partial charge in [-0.05, 0) is 65.8 Å². The van der Waals surface area contributed by atoms with Gasteiger partial charge in [-0.3, -0.25) is 4.79 Å². The van der Waals surface area contributed by atoms with Crippen LogP contribution in [-0.4, -0.2) is 40.5 Å². The Morgan fingerprint density at radius 1 is 0.941 bits per heavy atom. The van der Waals surface area contributed by atoms with Crippen molar-refractivity contribution in [2.45, 2.75) is 19.4 Å². The number of benzene rings is 3. The normalized spacial score (nSPS) is 14.0. The number of amides is 1. The smallest absolute Gasteiger partial charge is 0.504 e. The van der Waals surface area contributed by atoms with Gasteiger partial charge in [-0.1, -0.05) is 30.3 Å². The van der Waals surface area contributed by atoms with E-state index in [4.69, 9.17) is 14.6 Å². The minimum Gasteiger partial charge on any atom is -0.504 e. The average molecular weight is 461 g/mol. The summed E-state index contributed by atoms with van der Waals surface area (Å²) in [4.78, 5) is 26.0. The fourth-order valence-electron chi connectivity index (χ4n) is 3.94. The second kappa shape index (κ2) is 8.97. The molecule has 0 saturated heterocycles. The van der Waals surface area contributed by atoms with Crippen LogP contribution in [0, 0.1) is 5.92 Å². The number of nitrogens with zero attached hydrogens (tertiary/aromatic N) is 1. The summed E-state index contributed by atoms with van der Waals surface area (Å²) in [6.07, 6.45) is 0.766. The molecule has 1 amide bonds. The van der Waals surface area contributed by atoms with E-state index in [1.807, 2.05) is 29.2 Å². The fraction of sp³-hybridized carbons (Fsp3) is 0.231. The molecule has 1 aliphatic carbocycles. The predicted octanol–water partition coefficient (Wildman–Crippen LogP) is 4.90.